The van der Waals surface area contributed by atoms with Crippen LogP contribution in [0.4, 0.5) is 0 Å². The lowest BCUT2D eigenvalue weighted by molar-refractivity contribution is -0.140. The third-order valence-corrected chi connectivity index (χ3v) is 16.2. The van der Waals surface area contributed by atoms with Gasteiger partial charge >= 0.3 is 11.9 Å². The Morgan fingerprint density at radius 1 is 0.534 bits per heavy atom. The van der Waals surface area contributed by atoms with Gasteiger partial charge < -0.3 is 36.4 Å². The largest absolute Gasteiger partial charge is 0.481 e. The van der Waals surface area contributed by atoms with Gasteiger partial charge in [0.25, 0.3) is 0 Å². The standard InChI is InChI=1S/C59H61N3O9S2/c63-48(33-19-20-38-72-58(42-21-7-1-8-22-42,43-23-9-2-10-24-43)44-25-11-3-12-26-44)39-52(65)60-49(34-35-53(66)67)55(70)61-50(56(71)62-57(36-37-57)51(64)40-54(68)69)41-73-59(45-27-13-4-14-28-45,46-29-15-5-16-30-46)47-31-17-6-18-32-47/h1-19,21-33,48-51,63-64H,20,34-41H2,(H,60,65)(H,61,70)(H,62,71)(H,66,67)(H,68,69)/b33-19+/t48-,49-,50-,51?/m1/s1. The average Bonchev–Trinajstić information content (AvgIpc) is 4.20. The molecule has 14 heteroatoms. The molecule has 1 saturated carbocycles. The summed E-state index contributed by atoms with van der Waals surface area (Å²) in [5, 5.41) is 49.5. The summed E-state index contributed by atoms with van der Waals surface area (Å²) in [5.41, 5.74) is 4.78. The van der Waals surface area contributed by atoms with E-state index in [2.05, 4.69) is 52.3 Å². The van der Waals surface area contributed by atoms with Crippen molar-refractivity contribution in [3.05, 3.63) is 228 Å². The molecule has 0 spiro atoms. The van der Waals surface area contributed by atoms with Crippen LogP contribution in [0.2, 0.25) is 0 Å². The number of hydrogen-bond acceptors (Lipinski definition) is 9. The number of aliphatic carboxylic acids is 2. The summed E-state index contributed by atoms with van der Waals surface area (Å²) in [5.74, 6) is -4.11. The number of hydrogen-bond donors (Lipinski definition) is 7. The first-order chi connectivity index (χ1) is 35.4. The highest BCUT2D eigenvalue weighted by Crippen LogP contribution is 2.50. The van der Waals surface area contributed by atoms with Gasteiger partial charge in [-0.1, -0.05) is 194 Å². The highest BCUT2D eigenvalue weighted by molar-refractivity contribution is 8.00. The molecule has 7 rings (SSSR count). The van der Waals surface area contributed by atoms with Crippen LogP contribution in [0.15, 0.2) is 194 Å². The lowest BCUT2D eigenvalue weighted by Crippen LogP contribution is -2.58. The second-order valence-corrected chi connectivity index (χ2v) is 20.6. The third kappa shape index (κ3) is 13.8. The maximum atomic E-state index is 14.5. The first-order valence-corrected chi connectivity index (χ1v) is 26.3. The van der Waals surface area contributed by atoms with Crippen molar-refractivity contribution in [1.29, 1.82) is 0 Å². The monoisotopic (exact) mass is 1020 g/mol. The second kappa shape index (κ2) is 25.6. The van der Waals surface area contributed by atoms with Gasteiger partial charge in [0.1, 0.15) is 12.1 Å². The molecular formula is C59H61N3O9S2. The highest BCUT2D eigenvalue weighted by atomic mass is 32.2. The normalized spacial score (nSPS) is 14.8. The minimum absolute atomic E-state index is 0.0636. The molecule has 1 unspecified atom stereocenters. The van der Waals surface area contributed by atoms with Crippen LogP contribution in [0, 0.1) is 0 Å². The van der Waals surface area contributed by atoms with E-state index in [1.807, 2.05) is 152 Å². The Kier molecular flexibility index (Phi) is 18.9. The van der Waals surface area contributed by atoms with Crippen molar-refractivity contribution >= 4 is 53.2 Å². The summed E-state index contributed by atoms with van der Waals surface area (Å²) in [6.45, 7) is 0. The van der Waals surface area contributed by atoms with Gasteiger partial charge in [0.05, 0.1) is 40.1 Å². The number of carbonyl (C=O) groups is 5. The maximum Gasteiger partial charge on any atom is 0.306 e. The van der Waals surface area contributed by atoms with E-state index >= 15 is 0 Å². The average molecular weight is 1020 g/mol. The van der Waals surface area contributed by atoms with E-state index in [1.165, 1.54) is 17.8 Å². The van der Waals surface area contributed by atoms with Gasteiger partial charge in [0.15, 0.2) is 0 Å². The number of carbonyl (C=O) groups excluding carboxylic acids is 3. The van der Waals surface area contributed by atoms with Crippen molar-refractivity contribution in [2.45, 2.75) is 84.3 Å². The lowest BCUT2D eigenvalue weighted by Gasteiger charge is -2.37. The van der Waals surface area contributed by atoms with Crippen LogP contribution in [0.5, 0.6) is 0 Å². The molecule has 0 bridgehead atoms. The fraction of sp³-hybridized carbons (Fsp3) is 0.271. The summed E-state index contributed by atoms with van der Waals surface area (Å²) in [4.78, 5) is 66.0. The number of aliphatic hydroxyl groups excluding tert-OH is 2. The topological polar surface area (TPSA) is 202 Å². The molecule has 0 saturated heterocycles. The summed E-state index contributed by atoms with van der Waals surface area (Å²) in [6, 6.07) is 57.2. The predicted octanol–water partition coefficient (Wildman–Crippen LogP) is 8.45. The predicted molar refractivity (Wildman–Crippen MR) is 287 cm³/mol. The second-order valence-electron chi connectivity index (χ2n) is 18.1. The van der Waals surface area contributed by atoms with Crippen LogP contribution >= 0.6 is 23.5 Å². The van der Waals surface area contributed by atoms with Gasteiger partial charge in [0, 0.05) is 12.2 Å². The number of aliphatic hydroxyl groups is 2. The number of nitrogens with one attached hydrogen (secondary N) is 3. The minimum Gasteiger partial charge on any atom is -0.481 e. The maximum absolute atomic E-state index is 14.5. The van der Waals surface area contributed by atoms with E-state index in [0.717, 1.165) is 33.4 Å². The van der Waals surface area contributed by atoms with Gasteiger partial charge in [0.2, 0.25) is 17.7 Å². The number of thioether (sulfide) groups is 2. The Bertz CT molecular complexity index is 2570. The number of benzene rings is 6. The molecule has 12 nitrogen and oxygen atoms in total. The highest BCUT2D eigenvalue weighted by Gasteiger charge is 2.52. The number of rotatable bonds is 27. The van der Waals surface area contributed by atoms with E-state index in [9.17, 15) is 44.4 Å². The molecule has 6 aromatic carbocycles. The number of amides is 3. The number of allylic oxidation sites excluding steroid dienone is 1. The van der Waals surface area contributed by atoms with E-state index < -0.39 is 88.2 Å². The van der Waals surface area contributed by atoms with Crippen molar-refractivity contribution in [2.75, 3.05) is 11.5 Å². The van der Waals surface area contributed by atoms with Crippen LogP contribution in [0.25, 0.3) is 0 Å². The molecule has 0 aromatic heterocycles. The molecule has 1 aliphatic carbocycles. The zero-order valence-corrected chi connectivity index (χ0v) is 41.9. The van der Waals surface area contributed by atoms with Gasteiger partial charge in [-0.2, -0.15) is 0 Å². The molecule has 3 amide bonds. The third-order valence-electron chi connectivity index (χ3n) is 13.0. The Morgan fingerprint density at radius 2 is 0.945 bits per heavy atom. The van der Waals surface area contributed by atoms with Crippen LogP contribution in [0.1, 0.15) is 78.3 Å². The van der Waals surface area contributed by atoms with Crippen LogP contribution < -0.4 is 16.0 Å². The Labute approximate surface area is 434 Å². The molecule has 7 N–H and O–H groups in total. The van der Waals surface area contributed by atoms with Gasteiger partial charge in [-0.25, -0.2) is 0 Å². The van der Waals surface area contributed by atoms with Crippen molar-refractivity contribution in [3.63, 3.8) is 0 Å². The van der Waals surface area contributed by atoms with Crippen molar-refractivity contribution in [2.24, 2.45) is 0 Å². The van der Waals surface area contributed by atoms with Crippen LogP contribution in [-0.4, -0.2) is 91.4 Å². The van der Waals surface area contributed by atoms with E-state index in [1.54, 1.807) is 11.8 Å². The summed E-state index contributed by atoms with van der Waals surface area (Å²) < 4.78 is -1.46. The molecule has 0 aliphatic heterocycles. The molecule has 378 valence electrons. The van der Waals surface area contributed by atoms with Gasteiger partial charge in [-0.15, -0.1) is 23.5 Å². The molecule has 0 heterocycles. The zero-order valence-electron chi connectivity index (χ0n) is 40.3. The molecular weight excluding hydrogens is 959 g/mol. The first kappa shape index (κ1) is 53.8. The Morgan fingerprint density at radius 3 is 1.33 bits per heavy atom. The van der Waals surface area contributed by atoms with Crippen LogP contribution in [-0.2, 0) is 33.5 Å². The SMILES string of the molecule is O=C(O)CC[C@@H](NC(=O)C[C@H](O)/C=C/CCSC(c1ccccc1)(c1ccccc1)c1ccccc1)C(=O)N[C@H](CSC(c1ccccc1)(c1ccccc1)c1ccccc1)C(=O)NC1(C(O)CC(=O)O)CC1. The quantitative estimate of drug-likeness (QED) is 0.0148. The van der Waals surface area contributed by atoms with E-state index in [-0.39, 0.29) is 12.2 Å². The first-order valence-electron chi connectivity index (χ1n) is 24.4. The smallest absolute Gasteiger partial charge is 0.306 e. The summed E-state index contributed by atoms with van der Waals surface area (Å²) in [7, 11) is 0. The van der Waals surface area contributed by atoms with Crippen LogP contribution in [0.3, 0.4) is 0 Å². The van der Waals surface area contributed by atoms with E-state index in [4.69, 9.17) is 0 Å². The van der Waals surface area contributed by atoms with Crippen molar-refractivity contribution < 1.29 is 44.4 Å². The van der Waals surface area contributed by atoms with Gasteiger partial charge in [-0.05, 0) is 64.8 Å². The summed E-state index contributed by atoms with van der Waals surface area (Å²) in [6.07, 6.45) is 0.0248. The number of carboxylic acids is 2. The molecule has 0 radical (unpaired) electrons. The zero-order chi connectivity index (χ0) is 51.7. The molecule has 4 atom stereocenters. The Hall–Kier alpha value is -6.97. The minimum atomic E-state index is -1.42. The van der Waals surface area contributed by atoms with E-state index in [0.29, 0.717) is 25.0 Å². The molecule has 73 heavy (non-hydrogen) atoms. The fourth-order valence-corrected chi connectivity index (χ4v) is 12.2. The Balaban J connectivity index is 1.08. The lowest BCUT2D eigenvalue weighted by atomic mass is 9.84. The fourth-order valence-electron chi connectivity index (χ4n) is 9.15. The van der Waals surface area contributed by atoms with Gasteiger partial charge in [-0.3, -0.25) is 24.0 Å². The molecule has 1 aliphatic rings. The number of carboxylic acid groups (broad SMARTS) is 2. The summed E-state index contributed by atoms with van der Waals surface area (Å²) >= 11 is 3.14. The molecule has 1 fully saturated rings. The van der Waals surface area contributed by atoms with Crippen molar-refractivity contribution in [3.8, 4) is 0 Å². The molecule has 6 aromatic rings. The van der Waals surface area contributed by atoms with Crippen molar-refractivity contribution in [1.82, 2.24) is 16.0 Å².